The first-order chi connectivity index (χ1) is 11.1. The lowest BCUT2D eigenvalue weighted by molar-refractivity contribution is 0.448. The maximum atomic E-state index is 10.1. The zero-order valence-corrected chi connectivity index (χ0v) is 14.0. The van der Waals surface area contributed by atoms with Crippen LogP contribution < -0.4 is 4.74 Å². The third-order valence-electron chi connectivity index (χ3n) is 3.50. The van der Waals surface area contributed by atoms with E-state index in [-0.39, 0.29) is 11.5 Å². The SMILES string of the molecule is CCc1ccccc1Oc1c[nH]nc1-c1cc(Br)c(O)cc1O. The summed E-state index contributed by atoms with van der Waals surface area (Å²) in [7, 11) is 0. The van der Waals surface area contributed by atoms with Gasteiger partial charge in [-0.25, -0.2) is 0 Å². The summed E-state index contributed by atoms with van der Waals surface area (Å²) in [6.07, 6.45) is 2.47. The fourth-order valence-electron chi connectivity index (χ4n) is 2.30. The highest BCUT2D eigenvalue weighted by Gasteiger charge is 2.17. The van der Waals surface area contributed by atoms with E-state index in [1.165, 1.54) is 6.07 Å². The van der Waals surface area contributed by atoms with Gasteiger partial charge in [0.1, 0.15) is 22.9 Å². The van der Waals surface area contributed by atoms with Gasteiger partial charge in [0.2, 0.25) is 0 Å². The smallest absolute Gasteiger partial charge is 0.173 e. The zero-order valence-electron chi connectivity index (χ0n) is 12.4. The van der Waals surface area contributed by atoms with Crippen LogP contribution in [0, 0.1) is 0 Å². The van der Waals surface area contributed by atoms with Crippen molar-refractivity contribution in [3.05, 3.63) is 52.6 Å². The summed E-state index contributed by atoms with van der Waals surface area (Å²) in [6, 6.07) is 10.6. The van der Waals surface area contributed by atoms with Crippen LogP contribution in [0.25, 0.3) is 11.3 Å². The van der Waals surface area contributed by atoms with E-state index >= 15 is 0 Å². The Labute approximate surface area is 141 Å². The van der Waals surface area contributed by atoms with Gasteiger partial charge in [0.15, 0.2) is 5.75 Å². The van der Waals surface area contributed by atoms with E-state index in [2.05, 4.69) is 33.1 Å². The van der Waals surface area contributed by atoms with Gasteiger partial charge < -0.3 is 14.9 Å². The molecule has 0 aliphatic heterocycles. The highest BCUT2D eigenvalue weighted by molar-refractivity contribution is 9.10. The predicted octanol–water partition coefficient (Wildman–Crippen LogP) is 4.61. The average molecular weight is 375 g/mol. The van der Waals surface area contributed by atoms with E-state index in [1.807, 2.05) is 24.3 Å². The van der Waals surface area contributed by atoms with Gasteiger partial charge in [-0.15, -0.1) is 0 Å². The molecule has 1 heterocycles. The Balaban J connectivity index is 2.02. The molecule has 3 aromatic rings. The lowest BCUT2D eigenvalue weighted by Gasteiger charge is -2.11. The molecule has 3 rings (SSSR count). The van der Waals surface area contributed by atoms with Crippen molar-refractivity contribution in [3.8, 4) is 34.3 Å². The number of hydrogen-bond donors (Lipinski definition) is 3. The molecule has 0 spiro atoms. The first kappa shape index (κ1) is 15.4. The van der Waals surface area contributed by atoms with Gasteiger partial charge in [0.25, 0.3) is 0 Å². The molecule has 5 nitrogen and oxygen atoms in total. The second-order valence-electron chi connectivity index (χ2n) is 4.98. The Kier molecular flexibility index (Phi) is 4.25. The van der Waals surface area contributed by atoms with E-state index in [0.717, 1.165) is 17.7 Å². The predicted molar refractivity (Wildman–Crippen MR) is 90.9 cm³/mol. The molecule has 0 unspecified atom stereocenters. The molecule has 2 aromatic carbocycles. The molecule has 0 bridgehead atoms. The van der Waals surface area contributed by atoms with Crippen molar-refractivity contribution in [2.75, 3.05) is 0 Å². The van der Waals surface area contributed by atoms with Gasteiger partial charge in [-0.2, -0.15) is 5.10 Å². The summed E-state index contributed by atoms with van der Waals surface area (Å²) >= 11 is 3.24. The number of nitrogens with zero attached hydrogens (tertiary/aromatic N) is 1. The van der Waals surface area contributed by atoms with Crippen molar-refractivity contribution < 1.29 is 14.9 Å². The lowest BCUT2D eigenvalue weighted by Crippen LogP contribution is -1.91. The third-order valence-corrected chi connectivity index (χ3v) is 4.13. The number of para-hydroxylation sites is 1. The first-order valence-electron chi connectivity index (χ1n) is 7.11. The molecule has 0 fully saturated rings. The molecule has 0 saturated carbocycles. The van der Waals surface area contributed by atoms with Crippen molar-refractivity contribution in [3.63, 3.8) is 0 Å². The van der Waals surface area contributed by atoms with Crippen LogP contribution in [-0.2, 0) is 6.42 Å². The Hall–Kier alpha value is -2.47. The van der Waals surface area contributed by atoms with Gasteiger partial charge >= 0.3 is 0 Å². The van der Waals surface area contributed by atoms with Crippen molar-refractivity contribution in [2.24, 2.45) is 0 Å². The maximum absolute atomic E-state index is 10.1. The van der Waals surface area contributed by atoms with Crippen LogP contribution in [0.15, 0.2) is 47.1 Å². The Bertz CT molecular complexity index is 846. The summed E-state index contributed by atoms with van der Waals surface area (Å²) in [5.74, 6) is 1.13. The average Bonchev–Trinajstić information content (AvgIpc) is 2.99. The second kappa shape index (κ2) is 6.34. The van der Waals surface area contributed by atoms with Gasteiger partial charge in [0.05, 0.1) is 10.7 Å². The minimum Gasteiger partial charge on any atom is -0.507 e. The minimum absolute atomic E-state index is 0.0411. The zero-order chi connectivity index (χ0) is 16.4. The third kappa shape index (κ3) is 3.03. The van der Waals surface area contributed by atoms with Crippen LogP contribution in [0.3, 0.4) is 0 Å². The highest BCUT2D eigenvalue weighted by Crippen LogP contribution is 2.41. The number of aromatic hydroxyl groups is 2. The van der Waals surface area contributed by atoms with Crippen LogP contribution in [0.1, 0.15) is 12.5 Å². The number of aromatic amines is 1. The van der Waals surface area contributed by atoms with Crippen LogP contribution in [-0.4, -0.2) is 20.4 Å². The van der Waals surface area contributed by atoms with Crippen LogP contribution in [0.2, 0.25) is 0 Å². The number of H-pyrrole nitrogens is 1. The topological polar surface area (TPSA) is 78.4 Å². The molecule has 0 atom stereocenters. The number of ether oxygens (including phenoxy) is 1. The summed E-state index contributed by atoms with van der Waals surface area (Å²) in [4.78, 5) is 0. The molecule has 23 heavy (non-hydrogen) atoms. The normalized spacial score (nSPS) is 10.7. The number of nitrogens with one attached hydrogen (secondary N) is 1. The molecule has 0 aliphatic rings. The van der Waals surface area contributed by atoms with E-state index in [1.54, 1.807) is 12.3 Å². The summed E-state index contributed by atoms with van der Waals surface area (Å²) in [5.41, 5.74) is 2.00. The highest BCUT2D eigenvalue weighted by atomic mass is 79.9. The molecule has 1 aromatic heterocycles. The molecule has 0 saturated heterocycles. The van der Waals surface area contributed by atoms with Gasteiger partial charge in [-0.3, -0.25) is 5.10 Å². The number of benzene rings is 2. The molecule has 3 N–H and O–H groups in total. The van der Waals surface area contributed by atoms with Gasteiger partial charge in [0, 0.05) is 11.6 Å². The van der Waals surface area contributed by atoms with Crippen molar-refractivity contribution in [2.45, 2.75) is 13.3 Å². The molecule has 0 radical (unpaired) electrons. The molecular weight excluding hydrogens is 360 g/mol. The largest absolute Gasteiger partial charge is 0.507 e. The van der Waals surface area contributed by atoms with Gasteiger partial charge in [-0.1, -0.05) is 25.1 Å². The molecule has 0 aliphatic carbocycles. The van der Waals surface area contributed by atoms with E-state index in [0.29, 0.717) is 21.5 Å². The van der Waals surface area contributed by atoms with E-state index in [9.17, 15) is 10.2 Å². The Morgan fingerprint density at radius 2 is 1.91 bits per heavy atom. The summed E-state index contributed by atoms with van der Waals surface area (Å²) in [5, 5.41) is 26.6. The van der Waals surface area contributed by atoms with Crippen LogP contribution >= 0.6 is 15.9 Å². The molecular formula is C17H15BrN2O3. The number of halogens is 1. The number of phenolic OH excluding ortho intramolecular Hbond substituents is 2. The summed E-state index contributed by atoms with van der Waals surface area (Å²) < 4.78 is 6.43. The van der Waals surface area contributed by atoms with Crippen molar-refractivity contribution >= 4 is 15.9 Å². The van der Waals surface area contributed by atoms with E-state index < -0.39 is 0 Å². The lowest BCUT2D eigenvalue weighted by atomic mass is 10.1. The first-order valence-corrected chi connectivity index (χ1v) is 7.90. The number of aryl methyl sites for hydroxylation is 1. The number of rotatable bonds is 4. The monoisotopic (exact) mass is 374 g/mol. The maximum Gasteiger partial charge on any atom is 0.173 e. The van der Waals surface area contributed by atoms with Crippen LogP contribution in [0.5, 0.6) is 23.0 Å². The summed E-state index contributed by atoms with van der Waals surface area (Å²) in [6.45, 7) is 2.06. The number of hydrogen-bond acceptors (Lipinski definition) is 4. The van der Waals surface area contributed by atoms with Crippen molar-refractivity contribution in [1.29, 1.82) is 0 Å². The fraction of sp³-hybridized carbons (Fsp3) is 0.118. The molecule has 118 valence electrons. The van der Waals surface area contributed by atoms with E-state index in [4.69, 9.17) is 4.74 Å². The molecule has 0 amide bonds. The van der Waals surface area contributed by atoms with Crippen LogP contribution in [0.4, 0.5) is 0 Å². The Morgan fingerprint density at radius 1 is 1.13 bits per heavy atom. The van der Waals surface area contributed by atoms with Crippen molar-refractivity contribution in [1.82, 2.24) is 10.2 Å². The van der Waals surface area contributed by atoms with Gasteiger partial charge in [-0.05, 0) is 40.0 Å². The minimum atomic E-state index is -0.0774. The number of phenols is 2. The second-order valence-corrected chi connectivity index (χ2v) is 5.84. The molecule has 6 heteroatoms. The number of aromatic nitrogens is 2. The standard InChI is InChI=1S/C17H15BrN2O3/c1-2-10-5-3-4-6-15(10)23-16-9-19-20-17(16)11-7-12(18)14(22)8-13(11)21/h3-9,21-22H,2H2,1H3,(H,19,20). The Morgan fingerprint density at radius 3 is 2.70 bits per heavy atom. The fourth-order valence-corrected chi connectivity index (χ4v) is 2.65. The quantitative estimate of drug-likeness (QED) is 0.623.